The Labute approximate surface area is 143 Å². The molecule has 0 fully saturated rings. The second-order valence-electron chi connectivity index (χ2n) is 4.91. The third-order valence-corrected chi connectivity index (χ3v) is 3.60. The van der Waals surface area contributed by atoms with Gasteiger partial charge in [0.25, 0.3) is 0 Å². The number of hydrogen-bond donors (Lipinski definition) is 5. The van der Waals surface area contributed by atoms with Gasteiger partial charge in [0.15, 0.2) is 6.10 Å². The van der Waals surface area contributed by atoms with E-state index in [2.05, 4.69) is 22.7 Å². The van der Waals surface area contributed by atoms with Crippen LogP contribution in [0.3, 0.4) is 0 Å². The molecule has 0 saturated carbocycles. The average Bonchev–Trinajstić information content (AvgIpc) is 2.54. The lowest BCUT2D eigenvalue weighted by atomic mass is 10.1. The number of phenolic OH excluding ortho intramolecular Hbond substituents is 1. The molecule has 24 heavy (non-hydrogen) atoms. The fourth-order valence-corrected chi connectivity index (χ4v) is 2.02. The predicted molar refractivity (Wildman–Crippen MR) is 86.8 cm³/mol. The maximum atomic E-state index is 12.0. The van der Waals surface area contributed by atoms with Gasteiger partial charge < -0.3 is 25.4 Å². The molecular formula is C15H19NO7S. The van der Waals surface area contributed by atoms with Crippen molar-refractivity contribution in [2.75, 3.05) is 6.61 Å². The van der Waals surface area contributed by atoms with Crippen LogP contribution in [0.2, 0.25) is 0 Å². The van der Waals surface area contributed by atoms with Crippen LogP contribution in [0.4, 0.5) is 0 Å². The Bertz CT molecular complexity index is 590. The predicted octanol–water partition coefficient (Wildman–Crippen LogP) is -0.274. The standard InChI is InChI=1S/C15H19NO7S/c1-2-23-15(22)11(18)12(24)13(19)16-10(14(20)21)7-8-3-5-9(17)6-4-8/h3-6,10-12,17-18,24H,2,7H2,1H3,(H,16,19)(H,20,21)/t10-,11+,12+/m0/s1. The largest absolute Gasteiger partial charge is 0.508 e. The molecule has 0 bridgehead atoms. The first kappa shape index (κ1) is 19.8. The number of benzene rings is 1. The first-order chi connectivity index (χ1) is 11.3. The highest BCUT2D eigenvalue weighted by molar-refractivity contribution is 7.81. The zero-order valence-electron chi connectivity index (χ0n) is 12.9. The van der Waals surface area contributed by atoms with Crippen molar-refractivity contribution >= 4 is 30.5 Å². The molecule has 4 N–H and O–H groups in total. The lowest BCUT2D eigenvalue weighted by Gasteiger charge is -2.20. The molecule has 1 amide bonds. The normalized spacial score (nSPS) is 14.3. The Balaban J connectivity index is 2.73. The number of phenols is 1. The van der Waals surface area contributed by atoms with E-state index in [0.717, 1.165) is 0 Å². The molecule has 0 aliphatic heterocycles. The van der Waals surface area contributed by atoms with Crippen LogP contribution >= 0.6 is 12.6 Å². The summed E-state index contributed by atoms with van der Waals surface area (Å²) in [6.07, 6.45) is -1.85. The average molecular weight is 357 g/mol. The van der Waals surface area contributed by atoms with E-state index in [9.17, 15) is 29.7 Å². The minimum absolute atomic E-state index is 0.0244. The first-order valence-electron chi connectivity index (χ1n) is 7.10. The van der Waals surface area contributed by atoms with Crippen LogP contribution in [0.25, 0.3) is 0 Å². The molecule has 3 atom stereocenters. The summed E-state index contributed by atoms with van der Waals surface area (Å²) < 4.78 is 4.58. The summed E-state index contributed by atoms with van der Waals surface area (Å²) in [6.45, 7) is 1.56. The van der Waals surface area contributed by atoms with E-state index in [0.29, 0.717) is 5.56 Å². The van der Waals surface area contributed by atoms with Crippen LogP contribution in [-0.4, -0.2) is 57.2 Å². The number of carboxylic acid groups (broad SMARTS) is 1. The van der Waals surface area contributed by atoms with E-state index in [1.165, 1.54) is 31.2 Å². The van der Waals surface area contributed by atoms with Gasteiger partial charge >= 0.3 is 11.9 Å². The van der Waals surface area contributed by atoms with Crippen molar-refractivity contribution in [2.24, 2.45) is 0 Å². The number of carbonyl (C=O) groups excluding carboxylic acids is 2. The molecule has 0 heterocycles. The van der Waals surface area contributed by atoms with Crippen molar-refractivity contribution in [1.29, 1.82) is 0 Å². The Kier molecular flexibility index (Phi) is 7.53. The van der Waals surface area contributed by atoms with Gasteiger partial charge in [-0.25, -0.2) is 9.59 Å². The number of aliphatic hydroxyl groups is 1. The second kappa shape index (κ2) is 9.14. The second-order valence-corrected chi connectivity index (χ2v) is 5.47. The molecule has 0 spiro atoms. The third kappa shape index (κ3) is 5.74. The molecule has 0 aromatic heterocycles. The van der Waals surface area contributed by atoms with Gasteiger partial charge in [0.05, 0.1) is 6.61 Å². The fourth-order valence-electron chi connectivity index (χ4n) is 1.82. The Hall–Kier alpha value is -2.26. The maximum Gasteiger partial charge on any atom is 0.336 e. The molecule has 9 heteroatoms. The number of thiol groups is 1. The van der Waals surface area contributed by atoms with Crippen LogP contribution in [0, 0.1) is 0 Å². The lowest BCUT2D eigenvalue weighted by molar-refractivity contribution is -0.154. The topological polar surface area (TPSA) is 133 Å². The van der Waals surface area contributed by atoms with Crippen LogP contribution < -0.4 is 5.32 Å². The Morgan fingerprint density at radius 3 is 2.33 bits per heavy atom. The van der Waals surface area contributed by atoms with Gasteiger partial charge in [0.2, 0.25) is 5.91 Å². The zero-order valence-corrected chi connectivity index (χ0v) is 13.8. The van der Waals surface area contributed by atoms with E-state index >= 15 is 0 Å². The Morgan fingerprint density at radius 1 is 1.25 bits per heavy atom. The van der Waals surface area contributed by atoms with Gasteiger partial charge in [-0.15, -0.1) is 0 Å². The van der Waals surface area contributed by atoms with Crippen LogP contribution in [-0.2, 0) is 25.5 Å². The first-order valence-corrected chi connectivity index (χ1v) is 7.61. The number of nitrogens with one attached hydrogen (secondary N) is 1. The monoisotopic (exact) mass is 357 g/mol. The molecule has 0 aliphatic carbocycles. The highest BCUT2D eigenvalue weighted by Crippen LogP contribution is 2.12. The van der Waals surface area contributed by atoms with Crippen LogP contribution in [0.1, 0.15) is 12.5 Å². The van der Waals surface area contributed by atoms with E-state index in [4.69, 9.17) is 0 Å². The van der Waals surface area contributed by atoms with Gasteiger partial charge in [-0.2, -0.15) is 12.6 Å². The van der Waals surface area contributed by atoms with E-state index in [-0.39, 0.29) is 18.8 Å². The number of carbonyl (C=O) groups is 3. The van der Waals surface area contributed by atoms with Gasteiger partial charge in [-0.1, -0.05) is 12.1 Å². The van der Waals surface area contributed by atoms with Gasteiger partial charge in [-0.3, -0.25) is 4.79 Å². The fraction of sp³-hybridized carbons (Fsp3) is 0.400. The molecule has 8 nitrogen and oxygen atoms in total. The number of carboxylic acids is 1. The minimum Gasteiger partial charge on any atom is -0.508 e. The summed E-state index contributed by atoms with van der Waals surface area (Å²) >= 11 is 3.85. The molecule has 0 unspecified atom stereocenters. The highest BCUT2D eigenvalue weighted by atomic mass is 32.1. The maximum absolute atomic E-state index is 12.0. The molecule has 1 rings (SSSR count). The molecule has 0 radical (unpaired) electrons. The van der Waals surface area contributed by atoms with Crippen molar-refractivity contribution < 1.29 is 34.4 Å². The number of aliphatic carboxylic acids is 1. The zero-order chi connectivity index (χ0) is 18.3. The number of esters is 1. The molecule has 132 valence electrons. The van der Waals surface area contributed by atoms with Crippen LogP contribution in [0.15, 0.2) is 24.3 Å². The van der Waals surface area contributed by atoms with Crippen molar-refractivity contribution in [2.45, 2.75) is 30.7 Å². The summed E-state index contributed by atoms with van der Waals surface area (Å²) in [7, 11) is 0. The van der Waals surface area contributed by atoms with Crippen molar-refractivity contribution in [3.63, 3.8) is 0 Å². The minimum atomic E-state index is -1.81. The highest BCUT2D eigenvalue weighted by Gasteiger charge is 2.32. The number of ether oxygens (including phenoxy) is 1. The van der Waals surface area contributed by atoms with Gasteiger partial charge in [-0.05, 0) is 24.6 Å². The van der Waals surface area contributed by atoms with E-state index in [1.807, 2.05) is 0 Å². The molecule has 1 aromatic rings. The van der Waals surface area contributed by atoms with Crippen molar-refractivity contribution in [3.8, 4) is 5.75 Å². The Morgan fingerprint density at radius 2 is 1.83 bits per heavy atom. The summed E-state index contributed by atoms with van der Waals surface area (Å²) in [5.74, 6) is -3.19. The molecule has 0 saturated heterocycles. The van der Waals surface area contributed by atoms with E-state index in [1.54, 1.807) is 0 Å². The summed E-state index contributed by atoms with van der Waals surface area (Å²) in [5, 5.41) is 28.8. The number of aromatic hydroxyl groups is 1. The molecule has 0 aliphatic rings. The summed E-state index contributed by atoms with van der Waals surface area (Å²) in [6, 6.07) is 4.53. The number of aliphatic hydroxyl groups excluding tert-OH is 1. The summed E-state index contributed by atoms with van der Waals surface area (Å²) in [4.78, 5) is 34.7. The van der Waals surface area contributed by atoms with Crippen LogP contribution in [0.5, 0.6) is 5.75 Å². The third-order valence-electron chi connectivity index (χ3n) is 3.09. The number of hydrogen-bond acceptors (Lipinski definition) is 7. The molecule has 1 aromatic carbocycles. The van der Waals surface area contributed by atoms with Gasteiger partial charge in [0.1, 0.15) is 17.0 Å². The summed E-state index contributed by atoms with van der Waals surface area (Å²) in [5.41, 5.74) is 0.571. The number of amides is 1. The quantitative estimate of drug-likeness (QED) is 0.319. The van der Waals surface area contributed by atoms with Gasteiger partial charge in [0, 0.05) is 6.42 Å². The van der Waals surface area contributed by atoms with Crippen molar-refractivity contribution in [1.82, 2.24) is 5.32 Å². The SMILES string of the molecule is CCOC(=O)[C@H](O)[C@@H](S)C(=O)N[C@@H](Cc1ccc(O)cc1)C(=O)O. The smallest absolute Gasteiger partial charge is 0.336 e. The molecular weight excluding hydrogens is 338 g/mol. The van der Waals surface area contributed by atoms with E-state index < -0.39 is 35.2 Å². The van der Waals surface area contributed by atoms with Crippen molar-refractivity contribution in [3.05, 3.63) is 29.8 Å². The number of rotatable bonds is 8. The lowest BCUT2D eigenvalue weighted by Crippen LogP contribution is -2.49.